The number of thioether (sulfide) groups is 1. The molecule has 1 amide bonds. The van der Waals surface area contributed by atoms with Gasteiger partial charge < -0.3 is 9.88 Å². The van der Waals surface area contributed by atoms with Crippen LogP contribution in [0.25, 0.3) is 11.4 Å². The first kappa shape index (κ1) is 21.1. The molecule has 1 aromatic heterocycles. The average molecular weight is 415 g/mol. The minimum Gasteiger partial charge on any atom is -0.353 e. The zero-order valence-electron chi connectivity index (χ0n) is 15.4. The van der Waals surface area contributed by atoms with Gasteiger partial charge in [-0.25, -0.2) is 0 Å². The molecular formula is C18H24Cl2N4OS. The van der Waals surface area contributed by atoms with Gasteiger partial charge in [0.2, 0.25) is 5.91 Å². The highest BCUT2D eigenvalue weighted by Gasteiger charge is 2.19. The van der Waals surface area contributed by atoms with E-state index in [4.69, 9.17) is 23.2 Å². The quantitative estimate of drug-likeness (QED) is 0.622. The van der Waals surface area contributed by atoms with Gasteiger partial charge in [0, 0.05) is 23.2 Å². The lowest BCUT2D eigenvalue weighted by molar-refractivity contribution is -0.119. The van der Waals surface area contributed by atoms with Crippen LogP contribution in [0.1, 0.15) is 34.1 Å². The van der Waals surface area contributed by atoms with E-state index in [1.54, 1.807) is 12.1 Å². The number of rotatable bonds is 8. The first-order valence-electron chi connectivity index (χ1n) is 8.62. The summed E-state index contributed by atoms with van der Waals surface area (Å²) in [6.45, 7) is 9.01. The van der Waals surface area contributed by atoms with Crippen molar-refractivity contribution in [3.63, 3.8) is 0 Å². The van der Waals surface area contributed by atoms with Gasteiger partial charge >= 0.3 is 0 Å². The number of carbonyl (C=O) groups excluding carboxylic acids is 1. The highest BCUT2D eigenvalue weighted by Crippen LogP contribution is 2.31. The molecule has 0 fully saturated rings. The Balaban J connectivity index is 2.24. The zero-order chi connectivity index (χ0) is 19.3. The maximum Gasteiger partial charge on any atom is 0.230 e. The van der Waals surface area contributed by atoms with Crippen LogP contribution in [-0.2, 0) is 11.3 Å². The molecule has 0 aliphatic carbocycles. The van der Waals surface area contributed by atoms with Crippen molar-refractivity contribution in [2.75, 3.05) is 5.75 Å². The second-order valence-corrected chi connectivity index (χ2v) is 8.39. The van der Waals surface area contributed by atoms with E-state index >= 15 is 0 Å². The summed E-state index contributed by atoms with van der Waals surface area (Å²) in [4.78, 5) is 12.1. The second kappa shape index (κ2) is 9.62. The summed E-state index contributed by atoms with van der Waals surface area (Å²) in [5, 5.41) is 13.4. The predicted octanol–water partition coefficient (Wildman–Crippen LogP) is 4.91. The van der Waals surface area contributed by atoms with E-state index in [0.717, 1.165) is 18.5 Å². The smallest absolute Gasteiger partial charge is 0.230 e. The van der Waals surface area contributed by atoms with Crippen molar-refractivity contribution >= 4 is 40.9 Å². The molecule has 5 nitrogen and oxygen atoms in total. The molecule has 2 rings (SSSR count). The summed E-state index contributed by atoms with van der Waals surface area (Å²) in [5.41, 5.74) is 0.778. The van der Waals surface area contributed by atoms with Crippen LogP contribution in [-0.4, -0.2) is 32.5 Å². The molecule has 0 aliphatic rings. The van der Waals surface area contributed by atoms with Crippen LogP contribution in [0.5, 0.6) is 0 Å². The lowest BCUT2D eigenvalue weighted by Gasteiger charge is -2.14. The number of carbonyl (C=O) groups is 1. The van der Waals surface area contributed by atoms with E-state index in [1.165, 1.54) is 11.8 Å². The fraction of sp³-hybridized carbons (Fsp3) is 0.500. The molecule has 0 unspecified atom stereocenters. The molecule has 2 aromatic rings. The van der Waals surface area contributed by atoms with Gasteiger partial charge in [-0.05, 0) is 37.5 Å². The number of hydrogen-bond donors (Lipinski definition) is 1. The fourth-order valence-corrected chi connectivity index (χ4v) is 3.60. The molecule has 0 bridgehead atoms. The van der Waals surface area contributed by atoms with Crippen LogP contribution in [0.3, 0.4) is 0 Å². The summed E-state index contributed by atoms with van der Waals surface area (Å²) in [5.74, 6) is 1.37. The number of hydrogen-bond acceptors (Lipinski definition) is 4. The molecule has 1 aromatic carbocycles. The Labute approximate surface area is 168 Å². The third-order valence-electron chi connectivity index (χ3n) is 3.79. The van der Waals surface area contributed by atoms with Gasteiger partial charge in [0.05, 0.1) is 10.8 Å². The normalized spacial score (nSPS) is 12.4. The first-order chi connectivity index (χ1) is 12.3. The minimum atomic E-state index is -0.00507. The molecule has 8 heteroatoms. The number of halogens is 2. The fourth-order valence-electron chi connectivity index (χ4n) is 2.34. The topological polar surface area (TPSA) is 59.8 Å². The van der Waals surface area contributed by atoms with Gasteiger partial charge in [-0.1, -0.05) is 55.7 Å². The van der Waals surface area contributed by atoms with Gasteiger partial charge in [-0.3, -0.25) is 4.79 Å². The van der Waals surface area contributed by atoms with E-state index < -0.39 is 0 Å². The van der Waals surface area contributed by atoms with Crippen molar-refractivity contribution in [1.82, 2.24) is 20.1 Å². The summed E-state index contributed by atoms with van der Waals surface area (Å²) >= 11 is 13.7. The highest BCUT2D eigenvalue weighted by molar-refractivity contribution is 7.99. The van der Waals surface area contributed by atoms with Gasteiger partial charge in [0.25, 0.3) is 0 Å². The monoisotopic (exact) mass is 414 g/mol. The summed E-state index contributed by atoms with van der Waals surface area (Å²) in [7, 11) is 0. The van der Waals surface area contributed by atoms with Crippen LogP contribution in [0, 0.1) is 5.92 Å². The van der Waals surface area contributed by atoms with E-state index in [9.17, 15) is 4.79 Å². The van der Waals surface area contributed by atoms with Crippen LogP contribution >= 0.6 is 35.0 Å². The zero-order valence-corrected chi connectivity index (χ0v) is 17.8. The molecule has 0 saturated carbocycles. The summed E-state index contributed by atoms with van der Waals surface area (Å²) < 4.78 is 2.01. The predicted molar refractivity (Wildman–Crippen MR) is 109 cm³/mol. The van der Waals surface area contributed by atoms with E-state index in [2.05, 4.69) is 29.4 Å². The Morgan fingerprint density at radius 3 is 2.62 bits per heavy atom. The molecule has 1 N–H and O–H groups in total. The van der Waals surface area contributed by atoms with Crippen molar-refractivity contribution in [3.8, 4) is 11.4 Å². The molecule has 0 radical (unpaired) electrons. The molecule has 0 spiro atoms. The molecule has 1 atom stereocenters. The van der Waals surface area contributed by atoms with Crippen molar-refractivity contribution < 1.29 is 4.79 Å². The number of benzene rings is 1. The van der Waals surface area contributed by atoms with Crippen molar-refractivity contribution in [2.45, 2.75) is 51.9 Å². The Morgan fingerprint density at radius 2 is 2.00 bits per heavy atom. The van der Waals surface area contributed by atoms with Gasteiger partial charge in [0.15, 0.2) is 11.0 Å². The summed E-state index contributed by atoms with van der Waals surface area (Å²) in [6.07, 6.45) is 0.902. The molecule has 142 valence electrons. The van der Waals surface area contributed by atoms with Gasteiger partial charge in [-0.15, -0.1) is 10.2 Å². The van der Waals surface area contributed by atoms with E-state index in [0.29, 0.717) is 32.7 Å². The maximum absolute atomic E-state index is 12.1. The Morgan fingerprint density at radius 1 is 1.27 bits per heavy atom. The number of nitrogens with one attached hydrogen (secondary N) is 1. The Kier molecular flexibility index (Phi) is 7.80. The SMILES string of the molecule is CC[C@H](C)NC(=O)CSc1nnc(-c2ccc(Cl)cc2Cl)n1CC(C)C. The lowest BCUT2D eigenvalue weighted by atomic mass is 10.2. The average Bonchev–Trinajstić information content (AvgIpc) is 2.94. The van der Waals surface area contributed by atoms with Gasteiger partial charge in [-0.2, -0.15) is 0 Å². The Hall–Kier alpha value is -1.24. The third-order valence-corrected chi connectivity index (χ3v) is 5.30. The first-order valence-corrected chi connectivity index (χ1v) is 10.4. The van der Waals surface area contributed by atoms with Crippen molar-refractivity contribution in [1.29, 1.82) is 0 Å². The number of aromatic nitrogens is 3. The standard InChI is InChI=1S/C18H24Cl2N4OS/c1-5-12(4)21-16(25)10-26-18-23-22-17(24(18)9-11(2)3)14-7-6-13(19)8-15(14)20/h6-8,11-12H,5,9-10H2,1-4H3,(H,21,25)/t12-/m0/s1. The Bertz CT molecular complexity index is 764. The van der Waals surface area contributed by atoms with E-state index in [-0.39, 0.29) is 11.9 Å². The van der Waals surface area contributed by atoms with Gasteiger partial charge in [0.1, 0.15) is 0 Å². The lowest BCUT2D eigenvalue weighted by Crippen LogP contribution is -2.33. The van der Waals surface area contributed by atoms with E-state index in [1.807, 2.05) is 24.5 Å². The summed E-state index contributed by atoms with van der Waals surface area (Å²) in [6, 6.07) is 5.48. The van der Waals surface area contributed by atoms with Crippen molar-refractivity contribution in [3.05, 3.63) is 28.2 Å². The largest absolute Gasteiger partial charge is 0.353 e. The minimum absolute atomic E-state index is 0.00507. The van der Waals surface area contributed by atoms with Crippen LogP contribution in [0.4, 0.5) is 0 Å². The molecule has 0 saturated heterocycles. The molecule has 1 heterocycles. The van der Waals surface area contributed by atoms with Crippen LogP contribution in [0.15, 0.2) is 23.4 Å². The number of amides is 1. The third kappa shape index (κ3) is 5.63. The second-order valence-electron chi connectivity index (χ2n) is 6.60. The molecule has 0 aliphatic heterocycles. The van der Waals surface area contributed by atoms with Crippen molar-refractivity contribution in [2.24, 2.45) is 5.92 Å². The molecular weight excluding hydrogens is 391 g/mol. The van der Waals surface area contributed by atoms with Crippen LogP contribution < -0.4 is 5.32 Å². The van der Waals surface area contributed by atoms with Crippen LogP contribution in [0.2, 0.25) is 10.0 Å². The highest BCUT2D eigenvalue weighted by atomic mass is 35.5. The molecule has 26 heavy (non-hydrogen) atoms. The maximum atomic E-state index is 12.1. The number of nitrogens with zero attached hydrogens (tertiary/aromatic N) is 3.